The van der Waals surface area contributed by atoms with Gasteiger partial charge in [0.15, 0.2) is 11.4 Å². The second kappa shape index (κ2) is 6.85. The number of primary amides is 1. The molecule has 0 aliphatic heterocycles. The third-order valence-corrected chi connectivity index (χ3v) is 3.80. The van der Waals surface area contributed by atoms with E-state index >= 15 is 0 Å². The van der Waals surface area contributed by atoms with Crippen molar-refractivity contribution in [3.63, 3.8) is 0 Å². The fourth-order valence-electron chi connectivity index (χ4n) is 2.25. The van der Waals surface area contributed by atoms with Gasteiger partial charge in [-0.25, -0.2) is 4.98 Å². The molecule has 1 aromatic carbocycles. The van der Waals surface area contributed by atoms with Crippen LogP contribution >= 0.6 is 15.9 Å². The van der Waals surface area contributed by atoms with Gasteiger partial charge in [-0.3, -0.25) is 9.59 Å². The number of ketones is 1. The molecule has 0 radical (unpaired) electrons. The number of carbonyl (C=O) groups is 2. The number of ether oxygens (including phenoxy) is 1. The first-order chi connectivity index (χ1) is 10.5. The van der Waals surface area contributed by atoms with Gasteiger partial charge in [-0.2, -0.15) is 0 Å². The first kappa shape index (κ1) is 16.4. The third-order valence-electron chi connectivity index (χ3n) is 3.30. The van der Waals surface area contributed by atoms with E-state index in [1.165, 1.54) is 7.11 Å². The van der Waals surface area contributed by atoms with Crippen LogP contribution < -0.4 is 16.2 Å². The maximum atomic E-state index is 11.6. The summed E-state index contributed by atoms with van der Waals surface area (Å²) in [5.74, 6) is -0.404. The molecule has 22 heavy (non-hydrogen) atoms. The summed E-state index contributed by atoms with van der Waals surface area (Å²) in [6.45, 7) is -0.0134. The van der Waals surface area contributed by atoms with E-state index in [-0.39, 0.29) is 24.4 Å². The number of hydrogen-bond donors (Lipinski definition) is 2. The lowest BCUT2D eigenvalue weighted by molar-refractivity contribution is -0.117. The van der Waals surface area contributed by atoms with Crippen molar-refractivity contribution in [1.29, 1.82) is 0 Å². The molecule has 7 heteroatoms. The molecule has 1 heterocycles. The Bertz CT molecular complexity index is 746. The van der Waals surface area contributed by atoms with Crippen molar-refractivity contribution < 1.29 is 14.3 Å². The van der Waals surface area contributed by atoms with Gasteiger partial charge in [0, 0.05) is 27.4 Å². The van der Waals surface area contributed by atoms with Gasteiger partial charge in [-0.15, -0.1) is 0 Å². The summed E-state index contributed by atoms with van der Waals surface area (Å²) in [7, 11) is 1.46. The molecule has 0 aliphatic rings. The Morgan fingerprint density at radius 1 is 1.32 bits per heavy atom. The summed E-state index contributed by atoms with van der Waals surface area (Å²) >= 11 is 3.41. The minimum absolute atomic E-state index is 0.0134. The first-order valence-electron chi connectivity index (χ1n) is 6.65. The van der Waals surface area contributed by atoms with Crippen LogP contribution in [0.4, 0.5) is 0 Å². The highest BCUT2D eigenvalue weighted by Crippen LogP contribution is 2.32. The van der Waals surface area contributed by atoms with Crippen LogP contribution in [0.25, 0.3) is 10.8 Å². The summed E-state index contributed by atoms with van der Waals surface area (Å²) in [5, 5.41) is 1.53. The minimum Gasteiger partial charge on any atom is -0.494 e. The van der Waals surface area contributed by atoms with Gasteiger partial charge in [0.05, 0.1) is 13.7 Å². The fraction of sp³-hybridized carbons (Fsp3) is 0.267. The number of nitrogens with zero attached hydrogens (tertiary/aromatic N) is 1. The molecule has 116 valence electrons. The number of nitrogens with two attached hydrogens (primary N) is 2. The standard InChI is InChI=1S/C15H16BrN3O3/c1-22-14-10-4-2-8(16)6-11(10)12(5-3-9(20)7-17)19-13(14)15(18)21/h2,4,6H,3,5,7,17H2,1H3,(H2,18,21). The van der Waals surface area contributed by atoms with Crippen LogP contribution in [0, 0.1) is 0 Å². The molecule has 0 spiro atoms. The van der Waals surface area contributed by atoms with Crippen LogP contribution in [0.5, 0.6) is 5.75 Å². The molecule has 0 fully saturated rings. The molecule has 0 bridgehead atoms. The molecular formula is C15H16BrN3O3. The van der Waals surface area contributed by atoms with Crippen molar-refractivity contribution in [2.24, 2.45) is 11.5 Å². The molecule has 2 aromatic rings. The number of halogens is 1. The lowest BCUT2D eigenvalue weighted by Gasteiger charge is -2.13. The summed E-state index contributed by atoms with van der Waals surface area (Å²) < 4.78 is 6.16. The van der Waals surface area contributed by atoms with E-state index in [4.69, 9.17) is 16.2 Å². The number of hydrogen-bond acceptors (Lipinski definition) is 5. The summed E-state index contributed by atoms with van der Waals surface area (Å²) in [4.78, 5) is 27.4. The van der Waals surface area contributed by atoms with E-state index in [1.807, 2.05) is 18.2 Å². The van der Waals surface area contributed by atoms with Gasteiger partial charge in [0.1, 0.15) is 5.78 Å². The maximum absolute atomic E-state index is 11.6. The van der Waals surface area contributed by atoms with Crippen molar-refractivity contribution >= 4 is 38.4 Å². The molecule has 0 unspecified atom stereocenters. The van der Waals surface area contributed by atoms with Crippen molar-refractivity contribution in [2.75, 3.05) is 13.7 Å². The number of methoxy groups -OCH3 is 1. The zero-order chi connectivity index (χ0) is 16.3. The van der Waals surface area contributed by atoms with Crippen LogP contribution in [-0.2, 0) is 11.2 Å². The van der Waals surface area contributed by atoms with Gasteiger partial charge >= 0.3 is 0 Å². The summed E-state index contributed by atoms with van der Waals surface area (Å²) in [6, 6.07) is 5.53. The fourth-order valence-corrected chi connectivity index (χ4v) is 2.61. The van der Waals surface area contributed by atoms with E-state index in [0.717, 1.165) is 15.2 Å². The van der Waals surface area contributed by atoms with Gasteiger partial charge in [-0.1, -0.05) is 15.9 Å². The van der Waals surface area contributed by atoms with Gasteiger partial charge in [0.25, 0.3) is 5.91 Å². The normalized spacial score (nSPS) is 10.7. The number of aryl methyl sites for hydroxylation is 1. The van der Waals surface area contributed by atoms with Crippen LogP contribution in [0.3, 0.4) is 0 Å². The van der Waals surface area contributed by atoms with Gasteiger partial charge in [0.2, 0.25) is 0 Å². The first-order valence-corrected chi connectivity index (χ1v) is 7.45. The number of aromatic nitrogens is 1. The lowest BCUT2D eigenvalue weighted by atomic mass is 10.0. The molecule has 1 amide bonds. The SMILES string of the molecule is COc1c(C(N)=O)nc(CCC(=O)CN)c2cc(Br)ccc12. The molecule has 4 N–H and O–H groups in total. The molecule has 0 saturated carbocycles. The van der Waals surface area contributed by atoms with E-state index in [9.17, 15) is 9.59 Å². The predicted octanol–water partition coefficient (Wildman–Crippen LogP) is 1.57. The smallest absolute Gasteiger partial charge is 0.271 e. The highest BCUT2D eigenvalue weighted by molar-refractivity contribution is 9.10. The molecule has 0 atom stereocenters. The van der Waals surface area contributed by atoms with Crippen LogP contribution in [0.2, 0.25) is 0 Å². The second-order valence-electron chi connectivity index (χ2n) is 4.74. The van der Waals surface area contributed by atoms with Crippen molar-refractivity contribution in [1.82, 2.24) is 4.98 Å². The zero-order valence-electron chi connectivity index (χ0n) is 12.1. The molecule has 0 aliphatic carbocycles. The lowest BCUT2D eigenvalue weighted by Crippen LogP contribution is -2.17. The zero-order valence-corrected chi connectivity index (χ0v) is 13.6. The average molecular weight is 366 g/mol. The van der Waals surface area contributed by atoms with Crippen LogP contribution in [-0.4, -0.2) is 30.3 Å². The minimum atomic E-state index is -0.673. The highest BCUT2D eigenvalue weighted by Gasteiger charge is 2.18. The number of pyridine rings is 1. The van der Waals surface area contributed by atoms with Crippen molar-refractivity contribution in [3.05, 3.63) is 34.1 Å². The van der Waals surface area contributed by atoms with Crippen molar-refractivity contribution in [3.8, 4) is 5.75 Å². The number of rotatable bonds is 6. The number of carbonyl (C=O) groups excluding carboxylic acids is 2. The number of amides is 1. The predicted molar refractivity (Wildman–Crippen MR) is 86.9 cm³/mol. The Balaban J connectivity index is 2.65. The van der Waals surface area contributed by atoms with Crippen LogP contribution in [0.15, 0.2) is 22.7 Å². The Labute approximate surface area is 136 Å². The van der Waals surface area contributed by atoms with Gasteiger partial charge in [-0.05, 0) is 24.6 Å². The van der Waals surface area contributed by atoms with Crippen LogP contribution in [0.1, 0.15) is 22.6 Å². The van der Waals surface area contributed by atoms with E-state index in [1.54, 1.807) is 0 Å². The van der Waals surface area contributed by atoms with Crippen molar-refractivity contribution in [2.45, 2.75) is 12.8 Å². The average Bonchev–Trinajstić information content (AvgIpc) is 2.51. The Morgan fingerprint density at radius 2 is 2.05 bits per heavy atom. The number of fused-ring (bicyclic) bond motifs is 1. The monoisotopic (exact) mass is 365 g/mol. The molecule has 1 aromatic heterocycles. The van der Waals surface area contributed by atoms with E-state index in [0.29, 0.717) is 17.9 Å². The molecule has 0 saturated heterocycles. The van der Waals surface area contributed by atoms with E-state index in [2.05, 4.69) is 20.9 Å². The quantitative estimate of drug-likeness (QED) is 0.807. The third kappa shape index (κ3) is 3.26. The number of benzene rings is 1. The second-order valence-corrected chi connectivity index (χ2v) is 5.65. The summed E-state index contributed by atoms with van der Waals surface area (Å²) in [5.41, 5.74) is 11.4. The summed E-state index contributed by atoms with van der Waals surface area (Å²) in [6.07, 6.45) is 0.642. The molecular weight excluding hydrogens is 350 g/mol. The van der Waals surface area contributed by atoms with Gasteiger partial charge < -0.3 is 16.2 Å². The molecule has 2 rings (SSSR count). The number of Topliss-reactive ketones (excluding diaryl/α,β-unsaturated/α-hetero) is 1. The highest BCUT2D eigenvalue weighted by atomic mass is 79.9. The largest absolute Gasteiger partial charge is 0.494 e. The maximum Gasteiger partial charge on any atom is 0.271 e. The molecule has 6 nitrogen and oxygen atoms in total. The Kier molecular flexibility index (Phi) is 5.10. The topological polar surface area (TPSA) is 108 Å². The Morgan fingerprint density at radius 3 is 2.64 bits per heavy atom. The Hall–Kier alpha value is -1.99. The van der Waals surface area contributed by atoms with E-state index < -0.39 is 5.91 Å².